The molecule has 0 saturated carbocycles. The van der Waals surface area contributed by atoms with Crippen LogP contribution < -0.4 is 9.47 Å². The largest absolute Gasteiger partial charge is 0.497 e. The first-order valence-corrected chi connectivity index (χ1v) is 6.84. The van der Waals surface area contributed by atoms with Gasteiger partial charge in [0.25, 0.3) is 0 Å². The predicted molar refractivity (Wildman–Crippen MR) is 82.4 cm³/mol. The summed E-state index contributed by atoms with van der Waals surface area (Å²) in [6.45, 7) is 1.06. The molecule has 0 aromatic heterocycles. The minimum Gasteiger partial charge on any atom is -0.497 e. The first-order chi connectivity index (χ1) is 10.5. The van der Waals surface area contributed by atoms with Crippen LogP contribution in [0.25, 0.3) is 10.8 Å². The number of carbonyl (C=O) groups excluding carboxylic acids is 2. The number of hydrogen-bond acceptors (Lipinski definition) is 5. The van der Waals surface area contributed by atoms with Gasteiger partial charge in [0.05, 0.1) is 14.2 Å². The zero-order valence-corrected chi connectivity index (χ0v) is 12.8. The molecule has 5 nitrogen and oxygen atoms in total. The highest BCUT2D eigenvalue weighted by Gasteiger charge is 2.13. The number of rotatable bonds is 6. The van der Waals surface area contributed by atoms with Gasteiger partial charge in [-0.1, -0.05) is 18.2 Å². The molecule has 0 aliphatic heterocycles. The van der Waals surface area contributed by atoms with Gasteiger partial charge in [0.15, 0.2) is 5.78 Å². The van der Waals surface area contributed by atoms with Gasteiger partial charge in [-0.15, -0.1) is 0 Å². The Kier molecular flexibility index (Phi) is 4.99. The fourth-order valence-corrected chi connectivity index (χ4v) is 2.31. The Bertz CT molecular complexity index is 706. The number of benzene rings is 2. The Hall–Kier alpha value is -2.56. The lowest BCUT2D eigenvalue weighted by Crippen LogP contribution is -2.14. The first kappa shape index (κ1) is 15.8. The van der Waals surface area contributed by atoms with Crippen molar-refractivity contribution in [3.05, 3.63) is 35.9 Å². The van der Waals surface area contributed by atoms with Gasteiger partial charge >= 0.3 is 5.97 Å². The van der Waals surface area contributed by atoms with Gasteiger partial charge in [0, 0.05) is 24.8 Å². The number of ether oxygens (including phenoxy) is 3. The Morgan fingerprint density at radius 3 is 2.50 bits per heavy atom. The van der Waals surface area contributed by atoms with Crippen LogP contribution >= 0.6 is 0 Å². The van der Waals surface area contributed by atoms with Crippen molar-refractivity contribution in [2.75, 3.05) is 20.8 Å². The summed E-state index contributed by atoms with van der Waals surface area (Å²) in [5.41, 5.74) is 0.828. The molecule has 0 atom stereocenters. The van der Waals surface area contributed by atoms with E-state index >= 15 is 0 Å². The third kappa shape index (κ3) is 3.55. The first-order valence-electron chi connectivity index (χ1n) is 6.84. The topological polar surface area (TPSA) is 61.8 Å². The summed E-state index contributed by atoms with van der Waals surface area (Å²) in [5, 5.41) is 1.79. The Morgan fingerprint density at radius 1 is 1.09 bits per heavy atom. The van der Waals surface area contributed by atoms with E-state index in [-0.39, 0.29) is 18.8 Å². The normalized spacial score (nSPS) is 10.3. The molecule has 0 bridgehead atoms. The molecule has 0 saturated heterocycles. The van der Waals surface area contributed by atoms with Crippen LogP contribution in [0.15, 0.2) is 30.3 Å². The van der Waals surface area contributed by atoms with Crippen molar-refractivity contribution in [2.45, 2.75) is 13.3 Å². The Balaban J connectivity index is 2.37. The SMILES string of the molecule is COc1cc(OC)c2c(CC(=O)COC(C)=O)cccc2c1. The summed E-state index contributed by atoms with van der Waals surface area (Å²) < 4.78 is 15.4. The molecule has 0 heterocycles. The van der Waals surface area contributed by atoms with Gasteiger partial charge in [0.2, 0.25) is 0 Å². The summed E-state index contributed by atoms with van der Waals surface area (Å²) in [4.78, 5) is 22.7. The zero-order valence-electron chi connectivity index (χ0n) is 12.8. The minimum atomic E-state index is -0.464. The van der Waals surface area contributed by atoms with Gasteiger partial charge in [0.1, 0.15) is 18.1 Å². The quantitative estimate of drug-likeness (QED) is 0.767. The molecule has 0 radical (unpaired) electrons. The van der Waals surface area contributed by atoms with Crippen molar-refractivity contribution in [2.24, 2.45) is 0 Å². The van der Waals surface area contributed by atoms with Gasteiger partial charge in [-0.2, -0.15) is 0 Å². The van der Waals surface area contributed by atoms with E-state index in [1.54, 1.807) is 20.3 Å². The molecular weight excluding hydrogens is 284 g/mol. The summed E-state index contributed by atoms with van der Waals surface area (Å²) in [5.74, 6) is 0.701. The highest BCUT2D eigenvalue weighted by molar-refractivity contribution is 5.96. The number of hydrogen-bond donors (Lipinski definition) is 0. The van der Waals surface area contributed by atoms with Crippen molar-refractivity contribution in [1.82, 2.24) is 0 Å². The van der Waals surface area contributed by atoms with E-state index in [1.807, 2.05) is 24.3 Å². The highest BCUT2D eigenvalue weighted by atomic mass is 16.5. The number of methoxy groups -OCH3 is 2. The molecule has 5 heteroatoms. The summed E-state index contributed by atoms with van der Waals surface area (Å²) >= 11 is 0. The maximum absolute atomic E-state index is 11.9. The molecule has 0 unspecified atom stereocenters. The van der Waals surface area contributed by atoms with Crippen molar-refractivity contribution >= 4 is 22.5 Å². The van der Waals surface area contributed by atoms with Crippen molar-refractivity contribution in [3.63, 3.8) is 0 Å². The van der Waals surface area contributed by atoms with Crippen LogP contribution in [0.4, 0.5) is 0 Å². The molecule has 2 aromatic carbocycles. The summed E-state index contributed by atoms with van der Waals surface area (Å²) in [7, 11) is 3.17. The second-order valence-electron chi connectivity index (χ2n) is 4.84. The minimum absolute atomic E-state index is 0.166. The lowest BCUT2D eigenvalue weighted by molar-refractivity contribution is -0.145. The molecule has 116 valence electrons. The molecule has 22 heavy (non-hydrogen) atoms. The number of esters is 1. The fraction of sp³-hybridized carbons (Fsp3) is 0.294. The van der Waals surface area contributed by atoms with E-state index in [1.165, 1.54) is 6.92 Å². The molecule has 0 fully saturated rings. The maximum atomic E-state index is 11.9. The van der Waals surface area contributed by atoms with Crippen LogP contribution in [0, 0.1) is 0 Å². The van der Waals surface area contributed by atoms with E-state index in [4.69, 9.17) is 14.2 Å². The standard InChI is InChI=1S/C17H18O5/c1-11(18)22-10-14(19)7-12-5-4-6-13-8-15(20-2)9-16(21-3)17(12)13/h4-6,8-9H,7,10H2,1-3H3. The predicted octanol–water partition coefficient (Wildman–Crippen LogP) is 2.53. The zero-order chi connectivity index (χ0) is 16.1. The van der Waals surface area contributed by atoms with Crippen LogP contribution in [0.1, 0.15) is 12.5 Å². The van der Waals surface area contributed by atoms with E-state index in [9.17, 15) is 9.59 Å². The maximum Gasteiger partial charge on any atom is 0.303 e. The number of Topliss-reactive ketones (excluding diaryl/α,β-unsaturated/α-hetero) is 1. The summed E-state index contributed by atoms with van der Waals surface area (Å²) in [6.07, 6.45) is 0.174. The monoisotopic (exact) mass is 302 g/mol. The van der Waals surface area contributed by atoms with Crippen LogP contribution in [-0.4, -0.2) is 32.6 Å². The van der Waals surface area contributed by atoms with Crippen LogP contribution in [0.2, 0.25) is 0 Å². The molecule has 2 rings (SSSR count). The molecule has 0 spiro atoms. The number of ketones is 1. The van der Waals surface area contributed by atoms with Crippen molar-refractivity contribution in [1.29, 1.82) is 0 Å². The van der Waals surface area contributed by atoms with Gasteiger partial charge < -0.3 is 14.2 Å². The lowest BCUT2D eigenvalue weighted by atomic mass is 9.99. The Labute approximate surface area is 128 Å². The molecular formula is C17H18O5. The van der Waals surface area contributed by atoms with E-state index in [0.29, 0.717) is 11.5 Å². The average molecular weight is 302 g/mol. The number of fused-ring (bicyclic) bond motifs is 1. The molecule has 0 amide bonds. The smallest absolute Gasteiger partial charge is 0.303 e. The van der Waals surface area contributed by atoms with Gasteiger partial charge in [-0.3, -0.25) is 9.59 Å². The van der Waals surface area contributed by atoms with E-state index < -0.39 is 5.97 Å². The highest BCUT2D eigenvalue weighted by Crippen LogP contribution is 2.33. The van der Waals surface area contributed by atoms with Crippen LogP contribution in [0.5, 0.6) is 11.5 Å². The molecule has 2 aromatic rings. The second-order valence-corrected chi connectivity index (χ2v) is 4.84. The van der Waals surface area contributed by atoms with Crippen LogP contribution in [-0.2, 0) is 20.7 Å². The second kappa shape index (κ2) is 6.93. The van der Waals surface area contributed by atoms with Gasteiger partial charge in [-0.05, 0) is 17.0 Å². The third-order valence-corrected chi connectivity index (χ3v) is 3.28. The average Bonchev–Trinajstić information content (AvgIpc) is 2.51. The van der Waals surface area contributed by atoms with E-state index in [0.717, 1.165) is 16.3 Å². The van der Waals surface area contributed by atoms with Crippen LogP contribution in [0.3, 0.4) is 0 Å². The third-order valence-electron chi connectivity index (χ3n) is 3.28. The summed E-state index contributed by atoms with van der Waals surface area (Å²) in [6, 6.07) is 9.33. The fourth-order valence-electron chi connectivity index (χ4n) is 2.31. The van der Waals surface area contributed by atoms with E-state index in [2.05, 4.69) is 0 Å². The Morgan fingerprint density at radius 2 is 1.86 bits per heavy atom. The molecule has 0 aliphatic carbocycles. The van der Waals surface area contributed by atoms with Gasteiger partial charge in [-0.25, -0.2) is 0 Å². The number of carbonyl (C=O) groups is 2. The molecule has 0 N–H and O–H groups in total. The lowest BCUT2D eigenvalue weighted by Gasteiger charge is -2.12. The van der Waals surface area contributed by atoms with Crippen molar-refractivity contribution < 1.29 is 23.8 Å². The van der Waals surface area contributed by atoms with Crippen molar-refractivity contribution in [3.8, 4) is 11.5 Å². The molecule has 0 aliphatic rings.